The molecule has 1 aromatic heterocycles. The molecule has 1 heterocycles. The Labute approximate surface area is 86.3 Å². The zero-order valence-corrected chi connectivity index (χ0v) is 9.23. The molecule has 0 unspecified atom stereocenters. The standard InChI is InChI=1S/C12H19NO/c1-10(2)11(3)8-14-9-12-6-4-5-7-13-12/h4-7,10-11H,8-9H2,1-3H3/t11-/m0/s1. The molecule has 0 amide bonds. The Morgan fingerprint density at radius 3 is 2.64 bits per heavy atom. The normalized spacial score (nSPS) is 13.1. The second-order valence-corrected chi connectivity index (χ2v) is 4.06. The molecule has 0 fully saturated rings. The smallest absolute Gasteiger partial charge is 0.0887 e. The molecule has 0 saturated heterocycles. The van der Waals surface area contributed by atoms with Gasteiger partial charge < -0.3 is 4.74 Å². The second kappa shape index (κ2) is 5.76. The van der Waals surface area contributed by atoms with Gasteiger partial charge in [-0.05, 0) is 24.0 Å². The van der Waals surface area contributed by atoms with Crippen LogP contribution < -0.4 is 0 Å². The molecule has 78 valence electrons. The van der Waals surface area contributed by atoms with E-state index in [0.29, 0.717) is 18.4 Å². The summed E-state index contributed by atoms with van der Waals surface area (Å²) in [6, 6.07) is 5.89. The number of aromatic nitrogens is 1. The topological polar surface area (TPSA) is 22.1 Å². The van der Waals surface area contributed by atoms with E-state index >= 15 is 0 Å². The molecule has 2 heteroatoms. The summed E-state index contributed by atoms with van der Waals surface area (Å²) in [4.78, 5) is 4.20. The summed E-state index contributed by atoms with van der Waals surface area (Å²) in [7, 11) is 0. The van der Waals surface area contributed by atoms with Crippen molar-refractivity contribution in [3.8, 4) is 0 Å². The lowest BCUT2D eigenvalue weighted by atomic mass is 9.99. The van der Waals surface area contributed by atoms with E-state index in [9.17, 15) is 0 Å². The fraction of sp³-hybridized carbons (Fsp3) is 0.583. The zero-order valence-electron chi connectivity index (χ0n) is 9.23. The van der Waals surface area contributed by atoms with Crippen molar-refractivity contribution in [2.45, 2.75) is 27.4 Å². The van der Waals surface area contributed by atoms with Gasteiger partial charge in [0.25, 0.3) is 0 Å². The third-order valence-electron chi connectivity index (χ3n) is 2.49. The number of hydrogen-bond acceptors (Lipinski definition) is 2. The molecule has 0 aliphatic heterocycles. The number of rotatable bonds is 5. The summed E-state index contributed by atoms with van der Waals surface area (Å²) >= 11 is 0. The van der Waals surface area contributed by atoms with Gasteiger partial charge in [-0.25, -0.2) is 0 Å². The zero-order chi connectivity index (χ0) is 10.4. The molecule has 0 radical (unpaired) electrons. The molecule has 14 heavy (non-hydrogen) atoms. The van der Waals surface area contributed by atoms with Crippen molar-refractivity contribution in [2.75, 3.05) is 6.61 Å². The van der Waals surface area contributed by atoms with Crippen LogP contribution in [0.3, 0.4) is 0 Å². The Bertz CT molecular complexity index is 246. The van der Waals surface area contributed by atoms with E-state index in [1.54, 1.807) is 6.20 Å². The minimum Gasteiger partial charge on any atom is -0.375 e. The third-order valence-corrected chi connectivity index (χ3v) is 2.49. The van der Waals surface area contributed by atoms with Gasteiger partial charge in [-0.15, -0.1) is 0 Å². The van der Waals surface area contributed by atoms with Crippen LogP contribution in [0.5, 0.6) is 0 Å². The molecule has 0 aliphatic rings. The summed E-state index contributed by atoms with van der Waals surface area (Å²) in [6.45, 7) is 8.08. The van der Waals surface area contributed by atoms with Crippen LogP contribution in [-0.2, 0) is 11.3 Å². The molecule has 0 bridgehead atoms. The van der Waals surface area contributed by atoms with Crippen molar-refractivity contribution in [3.63, 3.8) is 0 Å². The van der Waals surface area contributed by atoms with E-state index in [0.717, 1.165) is 12.3 Å². The Morgan fingerprint density at radius 2 is 2.07 bits per heavy atom. The Hall–Kier alpha value is -0.890. The van der Waals surface area contributed by atoms with E-state index in [2.05, 4.69) is 25.8 Å². The van der Waals surface area contributed by atoms with Crippen LogP contribution in [0.25, 0.3) is 0 Å². The molecule has 2 nitrogen and oxygen atoms in total. The van der Waals surface area contributed by atoms with Gasteiger partial charge in [-0.2, -0.15) is 0 Å². The van der Waals surface area contributed by atoms with Crippen LogP contribution in [0, 0.1) is 11.8 Å². The van der Waals surface area contributed by atoms with Crippen molar-refractivity contribution in [2.24, 2.45) is 11.8 Å². The van der Waals surface area contributed by atoms with Crippen molar-refractivity contribution in [3.05, 3.63) is 30.1 Å². The van der Waals surface area contributed by atoms with Gasteiger partial charge in [0.2, 0.25) is 0 Å². The van der Waals surface area contributed by atoms with Gasteiger partial charge in [0, 0.05) is 12.8 Å². The largest absolute Gasteiger partial charge is 0.375 e. The van der Waals surface area contributed by atoms with Crippen molar-refractivity contribution < 1.29 is 4.74 Å². The van der Waals surface area contributed by atoms with Gasteiger partial charge in [0.15, 0.2) is 0 Å². The Kier molecular flexibility index (Phi) is 4.60. The quantitative estimate of drug-likeness (QED) is 0.717. The molecule has 1 rings (SSSR count). The molecule has 0 N–H and O–H groups in total. The first-order valence-electron chi connectivity index (χ1n) is 5.18. The maximum atomic E-state index is 5.58. The molecule has 0 aliphatic carbocycles. The Balaban J connectivity index is 2.22. The summed E-state index contributed by atoms with van der Waals surface area (Å²) in [5.41, 5.74) is 1.00. The summed E-state index contributed by atoms with van der Waals surface area (Å²) in [5, 5.41) is 0. The minimum atomic E-state index is 0.610. The van der Waals surface area contributed by atoms with E-state index in [1.807, 2.05) is 18.2 Å². The molecular weight excluding hydrogens is 174 g/mol. The lowest BCUT2D eigenvalue weighted by Gasteiger charge is -2.15. The Morgan fingerprint density at radius 1 is 1.29 bits per heavy atom. The predicted molar refractivity (Wildman–Crippen MR) is 57.9 cm³/mol. The number of nitrogens with zero attached hydrogens (tertiary/aromatic N) is 1. The number of hydrogen-bond donors (Lipinski definition) is 0. The third kappa shape index (κ3) is 3.88. The van der Waals surface area contributed by atoms with Crippen LogP contribution in [-0.4, -0.2) is 11.6 Å². The molecule has 1 atom stereocenters. The first kappa shape index (κ1) is 11.2. The summed E-state index contributed by atoms with van der Waals surface area (Å²) in [6.07, 6.45) is 1.80. The van der Waals surface area contributed by atoms with Crippen molar-refractivity contribution in [1.29, 1.82) is 0 Å². The highest BCUT2D eigenvalue weighted by Crippen LogP contribution is 2.10. The number of ether oxygens (including phenoxy) is 1. The van der Waals surface area contributed by atoms with Gasteiger partial charge in [0.05, 0.1) is 12.3 Å². The lowest BCUT2D eigenvalue weighted by molar-refractivity contribution is 0.0761. The maximum Gasteiger partial charge on any atom is 0.0887 e. The van der Waals surface area contributed by atoms with Crippen molar-refractivity contribution in [1.82, 2.24) is 4.98 Å². The number of pyridine rings is 1. The predicted octanol–water partition coefficient (Wildman–Crippen LogP) is 2.89. The first-order chi connectivity index (χ1) is 6.70. The van der Waals surface area contributed by atoms with Gasteiger partial charge in [-0.1, -0.05) is 26.8 Å². The average molecular weight is 193 g/mol. The fourth-order valence-electron chi connectivity index (χ4n) is 1.03. The summed E-state index contributed by atoms with van der Waals surface area (Å²) < 4.78 is 5.58. The van der Waals surface area contributed by atoms with Crippen LogP contribution in [0.15, 0.2) is 24.4 Å². The lowest BCUT2D eigenvalue weighted by Crippen LogP contribution is -2.12. The van der Waals surface area contributed by atoms with E-state index in [4.69, 9.17) is 4.74 Å². The molecular formula is C12H19NO. The van der Waals surface area contributed by atoms with E-state index in [-0.39, 0.29) is 0 Å². The molecule has 0 aromatic carbocycles. The molecule has 1 aromatic rings. The highest BCUT2D eigenvalue weighted by Gasteiger charge is 2.06. The average Bonchev–Trinajstić information content (AvgIpc) is 2.19. The van der Waals surface area contributed by atoms with Gasteiger partial charge >= 0.3 is 0 Å². The van der Waals surface area contributed by atoms with Gasteiger partial charge in [0.1, 0.15) is 0 Å². The summed E-state index contributed by atoms with van der Waals surface area (Å²) in [5.74, 6) is 1.29. The van der Waals surface area contributed by atoms with E-state index in [1.165, 1.54) is 0 Å². The minimum absolute atomic E-state index is 0.610. The SMILES string of the molecule is CC(C)[C@@H](C)COCc1ccccn1. The van der Waals surface area contributed by atoms with E-state index < -0.39 is 0 Å². The van der Waals surface area contributed by atoms with Crippen LogP contribution >= 0.6 is 0 Å². The van der Waals surface area contributed by atoms with Gasteiger partial charge in [-0.3, -0.25) is 4.98 Å². The molecule has 0 spiro atoms. The monoisotopic (exact) mass is 193 g/mol. The fourth-order valence-corrected chi connectivity index (χ4v) is 1.03. The van der Waals surface area contributed by atoms with Crippen molar-refractivity contribution >= 4 is 0 Å². The van der Waals surface area contributed by atoms with Crippen LogP contribution in [0.1, 0.15) is 26.5 Å². The van der Waals surface area contributed by atoms with Crippen LogP contribution in [0.2, 0.25) is 0 Å². The second-order valence-electron chi connectivity index (χ2n) is 4.06. The first-order valence-corrected chi connectivity index (χ1v) is 5.18. The molecule has 0 saturated carbocycles. The van der Waals surface area contributed by atoms with Crippen LogP contribution in [0.4, 0.5) is 0 Å². The highest BCUT2D eigenvalue weighted by atomic mass is 16.5. The highest BCUT2D eigenvalue weighted by molar-refractivity contribution is 5.01. The maximum absolute atomic E-state index is 5.58.